The van der Waals surface area contributed by atoms with E-state index in [2.05, 4.69) is 5.32 Å². The molecule has 1 heterocycles. The summed E-state index contributed by atoms with van der Waals surface area (Å²) >= 11 is 6.32. The zero-order chi connectivity index (χ0) is 19.4. The van der Waals surface area contributed by atoms with Crippen molar-refractivity contribution in [2.75, 3.05) is 26.2 Å². The molecule has 0 aromatic heterocycles. The van der Waals surface area contributed by atoms with Crippen molar-refractivity contribution in [2.24, 2.45) is 0 Å². The second-order valence-electron chi connectivity index (χ2n) is 6.11. The molecule has 1 amide bonds. The molecule has 1 atom stereocenters. The van der Waals surface area contributed by atoms with Crippen LogP contribution in [0.25, 0.3) is 0 Å². The maximum absolute atomic E-state index is 13.1. The zero-order valence-electron chi connectivity index (χ0n) is 14.9. The average molecular weight is 390 g/mol. The summed E-state index contributed by atoms with van der Waals surface area (Å²) in [6.45, 7) is 3.74. The number of hydrogen-bond donors (Lipinski definition) is 1. The monoisotopic (exact) mass is 389 g/mol. The molecule has 142 valence electrons. The number of piperazine rings is 1. The molecule has 7 nitrogen and oxygen atoms in total. The molecular weight excluding hydrogens is 370 g/mol. The van der Waals surface area contributed by atoms with Crippen molar-refractivity contribution in [3.05, 3.63) is 68.7 Å². The fraction of sp³-hybridized carbons (Fsp3) is 0.316. The minimum atomic E-state index is -0.537. The molecule has 1 fully saturated rings. The molecule has 8 heteroatoms. The minimum absolute atomic E-state index is 0.155. The van der Waals surface area contributed by atoms with Gasteiger partial charge in [-0.05, 0) is 30.7 Å². The number of halogens is 1. The Bertz CT molecular complexity index is 859. The Morgan fingerprint density at radius 3 is 2.85 bits per heavy atom. The number of nitrogens with zero attached hydrogens (tertiary/aromatic N) is 2. The van der Waals surface area contributed by atoms with Crippen molar-refractivity contribution in [1.29, 1.82) is 0 Å². The topological polar surface area (TPSA) is 84.7 Å². The maximum Gasteiger partial charge on any atom is 0.311 e. The van der Waals surface area contributed by atoms with Crippen LogP contribution in [0.1, 0.15) is 28.9 Å². The van der Waals surface area contributed by atoms with E-state index in [4.69, 9.17) is 16.3 Å². The summed E-state index contributed by atoms with van der Waals surface area (Å²) in [7, 11) is 0. The Morgan fingerprint density at radius 2 is 2.15 bits per heavy atom. The first-order valence-electron chi connectivity index (χ1n) is 8.70. The normalized spacial score (nSPS) is 16.8. The molecule has 1 saturated heterocycles. The molecule has 2 aromatic carbocycles. The highest BCUT2D eigenvalue weighted by atomic mass is 35.5. The van der Waals surface area contributed by atoms with Crippen LogP contribution < -0.4 is 10.1 Å². The molecule has 27 heavy (non-hydrogen) atoms. The molecule has 0 bridgehead atoms. The van der Waals surface area contributed by atoms with Crippen LogP contribution >= 0.6 is 11.6 Å². The lowest BCUT2D eigenvalue weighted by Crippen LogP contribution is -2.48. The third kappa shape index (κ3) is 4.04. The quantitative estimate of drug-likeness (QED) is 0.625. The summed E-state index contributed by atoms with van der Waals surface area (Å²) in [5, 5.41) is 15.2. The largest absolute Gasteiger partial charge is 0.487 e. The number of rotatable bonds is 5. The van der Waals surface area contributed by atoms with Gasteiger partial charge >= 0.3 is 5.69 Å². The van der Waals surface area contributed by atoms with E-state index in [0.29, 0.717) is 31.3 Å². The summed E-state index contributed by atoms with van der Waals surface area (Å²) in [5.74, 6) is -0.116. The van der Waals surface area contributed by atoms with E-state index < -0.39 is 4.92 Å². The van der Waals surface area contributed by atoms with Crippen LogP contribution in [0.4, 0.5) is 5.69 Å². The van der Waals surface area contributed by atoms with Gasteiger partial charge in [0.15, 0.2) is 5.75 Å². The molecule has 3 rings (SSSR count). The first kappa shape index (κ1) is 19.1. The maximum atomic E-state index is 13.1. The van der Waals surface area contributed by atoms with Gasteiger partial charge in [-0.15, -0.1) is 0 Å². The van der Waals surface area contributed by atoms with E-state index in [0.717, 1.165) is 5.56 Å². The fourth-order valence-electron chi connectivity index (χ4n) is 3.21. The number of nitro groups is 1. The molecular formula is C19H20ClN3O4. The number of benzene rings is 2. The van der Waals surface area contributed by atoms with Crippen molar-refractivity contribution in [3.63, 3.8) is 0 Å². The summed E-state index contributed by atoms with van der Waals surface area (Å²) < 4.78 is 5.29. The molecule has 0 aliphatic carbocycles. The van der Waals surface area contributed by atoms with Gasteiger partial charge < -0.3 is 15.0 Å². The van der Waals surface area contributed by atoms with Crippen LogP contribution in [0.5, 0.6) is 5.75 Å². The summed E-state index contributed by atoms with van der Waals surface area (Å²) in [4.78, 5) is 25.7. The number of nitrogens with one attached hydrogen (secondary N) is 1. The van der Waals surface area contributed by atoms with Crippen molar-refractivity contribution in [3.8, 4) is 5.75 Å². The van der Waals surface area contributed by atoms with Gasteiger partial charge in [-0.2, -0.15) is 0 Å². The number of ether oxygens (including phenoxy) is 1. The van der Waals surface area contributed by atoms with E-state index in [9.17, 15) is 14.9 Å². The molecule has 1 aliphatic rings. The molecule has 0 spiro atoms. The van der Waals surface area contributed by atoms with Crippen LogP contribution in [-0.2, 0) is 0 Å². The molecule has 0 radical (unpaired) electrons. The van der Waals surface area contributed by atoms with Gasteiger partial charge in [-0.25, -0.2) is 0 Å². The van der Waals surface area contributed by atoms with Crippen LogP contribution in [0.3, 0.4) is 0 Å². The first-order valence-corrected chi connectivity index (χ1v) is 9.08. The van der Waals surface area contributed by atoms with Crippen LogP contribution in [-0.4, -0.2) is 42.0 Å². The highest BCUT2D eigenvalue weighted by Gasteiger charge is 2.31. The number of nitro benzene ring substituents is 1. The van der Waals surface area contributed by atoms with Crippen LogP contribution in [0.15, 0.2) is 42.5 Å². The van der Waals surface area contributed by atoms with Gasteiger partial charge in [-0.1, -0.05) is 29.8 Å². The number of carbonyl (C=O) groups excluding carboxylic acids is 1. The van der Waals surface area contributed by atoms with Gasteiger partial charge in [0, 0.05) is 36.3 Å². The summed E-state index contributed by atoms with van der Waals surface area (Å²) in [6.07, 6.45) is 0. The Labute approximate surface area is 162 Å². The number of hydrogen-bond acceptors (Lipinski definition) is 5. The van der Waals surface area contributed by atoms with E-state index in [1.807, 2.05) is 18.2 Å². The molecule has 0 saturated carbocycles. The van der Waals surface area contributed by atoms with Gasteiger partial charge in [0.25, 0.3) is 5.91 Å². The van der Waals surface area contributed by atoms with Gasteiger partial charge in [0.05, 0.1) is 17.6 Å². The predicted octanol–water partition coefficient (Wildman–Crippen LogP) is 3.43. The Kier molecular flexibility index (Phi) is 5.93. The molecule has 1 aliphatic heterocycles. The Morgan fingerprint density at radius 1 is 1.37 bits per heavy atom. The highest BCUT2D eigenvalue weighted by Crippen LogP contribution is 2.32. The Balaban J connectivity index is 1.94. The van der Waals surface area contributed by atoms with Gasteiger partial charge in [0.1, 0.15) is 0 Å². The summed E-state index contributed by atoms with van der Waals surface area (Å²) in [6, 6.07) is 11.5. The fourth-order valence-corrected chi connectivity index (χ4v) is 3.47. The van der Waals surface area contributed by atoms with E-state index >= 15 is 0 Å². The van der Waals surface area contributed by atoms with Crippen LogP contribution in [0.2, 0.25) is 5.02 Å². The van der Waals surface area contributed by atoms with Crippen molar-refractivity contribution in [2.45, 2.75) is 13.0 Å². The Hall–Kier alpha value is -2.64. The van der Waals surface area contributed by atoms with Crippen molar-refractivity contribution in [1.82, 2.24) is 10.2 Å². The van der Waals surface area contributed by atoms with Gasteiger partial charge in [0.2, 0.25) is 0 Å². The lowest BCUT2D eigenvalue weighted by Gasteiger charge is -2.37. The number of carbonyl (C=O) groups is 1. The second-order valence-corrected chi connectivity index (χ2v) is 6.52. The predicted molar refractivity (Wildman–Crippen MR) is 102 cm³/mol. The SMILES string of the molecule is CCOc1ccc(C(=O)N2CCNCC2c2ccccc2Cl)cc1[N+](=O)[O-]. The second kappa shape index (κ2) is 8.37. The third-order valence-electron chi connectivity index (χ3n) is 4.47. The van der Waals surface area contributed by atoms with E-state index in [1.54, 1.807) is 24.0 Å². The molecule has 2 aromatic rings. The zero-order valence-corrected chi connectivity index (χ0v) is 15.6. The molecule has 1 unspecified atom stereocenters. The third-order valence-corrected chi connectivity index (χ3v) is 4.82. The van der Waals surface area contributed by atoms with Crippen molar-refractivity contribution < 1.29 is 14.5 Å². The number of amides is 1. The van der Waals surface area contributed by atoms with Crippen LogP contribution in [0, 0.1) is 10.1 Å². The van der Waals surface area contributed by atoms with Gasteiger partial charge in [-0.3, -0.25) is 14.9 Å². The smallest absolute Gasteiger partial charge is 0.311 e. The van der Waals surface area contributed by atoms with E-state index in [1.165, 1.54) is 12.1 Å². The lowest BCUT2D eigenvalue weighted by molar-refractivity contribution is -0.385. The summed E-state index contributed by atoms with van der Waals surface area (Å²) in [5.41, 5.74) is 0.886. The lowest BCUT2D eigenvalue weighted by atomic mass is 10.0. The first-order chi connectivity index (χ1) is 13.0. The minimum Gasteiger partial charge on any atom is -0.487 e. The molecule has 1 N–H and O–H groups in total. The van der Waals surface area contributed by atoms with Crippen molar-refractivity contribution >= 4 is 23.2 Å². The van der Waals surface area contributed by atoms with E-state index in [-0.39, 0.29) is 28.9 Å². The average Bonchev–Trinajstić information content (AvgIpc) is 2.68. The highest BCUT2D eigenvalue weighted by molar-refractivity contribution is 6.31. The standard InChI is InChI=1S/C19H20ClN3O4/c1-2-27-18-8-7-13(11-16(18)23(25)26)19(24)22-10-9-21-12-17(22)14-5-3-4-6-15(14)20/h3-8,11,17,21H,2,9-10,12H2,1H3.